The van der Waals surface area contributed by atoms with Crippen LogP contribution in [0.25, 0.3) is 10.2 Å². The Morgan fingerprint density at radius 1 is 1.03 bits per heavy atom. The van der Waals surface area contributed by atoms with Gasteiger partial charge in [0.25, 0.3) is 5.91 Å². The van der Waals surface area contributed by atoms with Gasteiger partial charge in [-0.25, -0.2) is 17.8 Å². The standard InChI is InChI=1S/C24H29FN4O3S2.ClH/c1-27(2)15-16-29(24-26-21-12-9-19(25)17-22(21)33-24)23(30)18-7-10-20(11-8-18)34(31,32)28-13-5-3-4-6-14-28;/h7-12,17H,3-6,13-16H2,1-2H3;1H. The number of hydrogen-bond acceptors (Lipinski definition) is 6. The van der Waals surface area contributed by atoms with Gasteiger partial charge in [0, 0.05) is 31.7 Å². The molecule has 1 amide bonds. The van der Waals surface area contributed by atoms with Crippen molar-refractivity contribution in [1.29, 1.82) is 0 Å². The van der Waals surface area contributed by atoms with Crippen molar-refractivity contribution in [1.82, 2.24) is 14.2 Å². The molecule has 190 valence electrons. The van der Waals surface area contributed by atoms with Gasteiger partial charge in [0.15, 0.2) is 5.13 Å². The SMILES string of the molecule is CN(C)CCN(C(=O)c1ccc(S(=O)(=O)N2CCCCCC2)cc1)c1nc2ccc(F)cc2s1.Cl. The molecule has 0 aliphatic carbocycles. The van der Waals surface area contributed by atoms with Crippen molar-refractivity contribution in [2.24, 2.45) is 0 Å². The van der Waals surface area contributed by atoms with Crippen molar-refractivity contribution in [3.8, 4) is 0 Å². The first kappa shape index (κ1) is 27.5. The molecule has 1 aliphatic rings. The van der Waals surface area contributed by atoms with E-state index in [0.29, 0.717) is 47.1 Å². The van der Waals surface area contributed by atoms with Gasteiger partial charge < -0.3 is 4.90 Å². The molecule has 2 heterocycles. The second-order valence-corrected chi connectivity index (χ2v) is 11.7. The summed E-state index contributed by atoms with van der Waals surface area (Å²) in [7, 11) is 0.244. The number of carbonyl (C=O) groups is 1. The summed E-state index contributed by atoms with van der Waals surface area (Å²) in [6.07, 6.45) is 3.81. The molecule has 0 saturated carbocycles. The zero-order chi connectivity index (χ0) is 24.3. The second kappa shape index (κ2) is 11.7. The molecule has 1 aromatic heterocycles. The van der Waals surface area contributed by atoms with Crippen LogP contribution in [0.3, 0.4) is 0 Å². The smallest absolute Gasteiger partial charge is 0.260 e. The van der Waals surface area contributed by atoms with Gasteiger partial charge >= 0.3 is 0 Å². The van der Waals surface area contributed by atoms with Crippen molar-refractivity contribution in [2.45, 2.75) is 30.6 Å². The minimum absolute atomic E-state index is 0. The number of carbonyl (C=O) groups excluding carboxylic acids is 1. The molecular weight excluding hydrogens is 511 g/mol. The van der Waals surface area contributed by atoms with E-state index < -0.39 is 10.0 Å². The monoisotopic (exact) mass is 540 g/mol. The molecule has 35 heavy (non-hydrogen) atoms. The zero-order valence-corrected chi connectivity index (χ0v) is 22.3. The number of sulfonamides is 1. The summed E-state index contributed by atoms with van der Waals surface area (Å²) in [4.78, 5) is 21.7. The Hall–Kier alpha value is -2.11. The number of halogens is 2. The number of fused-ring (bicyclic) bond motifs is 1. The number of aromatic nitrogens is 1. The van der Waals surface area contributed by atoms with E-state index in [1.165, 1.54) is 35.6 Å². The molecule has 1 aliphatic heterocycles. The number of nitrogens with zero attached hydrogens (tertiary/aromatic N) is 4. The lowest BCUT2D eigenvalue weighted by Crippen LogP contribution is -2.36. The molecular formula is C24H30ClFN4O3S2. The Balaban J connectivity index is 0.00000342. The van der Waals surface area contributed by atoms with Crippen LogP contribution in [0.2, 0.25) is 0 Å². The van der Waals surface area contributed by atoms with E-state index >= 15 is 0 Å². The highest BCUT2D eigenvalue weighted by Gasteiger charge is 2.26. The molecule has 3 aromatic rings. The van der Waals surface area contributed by atoms with Crippen LogP contribution < -0.4 is 4.90 Å². The van der Waals surface area contributed by atoms with Crippen LogP contribution in [0, 0.1) is 5.82 Å². The molecule has 0 unspecified atom stereocenters. The number of amides is 1. The van der Waals surface area contributed by atoms with Gasteiger partial charge in [-0.15, -0.1) is 12.4 Å². The number of anilines is 1. The second-order valence-electron chi connectivity index (χ2n) is 8.71. The summed E-state index contributed by atoms with van der Waals surface area (Å²) < 4.78 is 42.0. The van der Waals surface area contributed by atoms with Crippen molar-refractivity contribution < 1.29 is 17.6 Å². The van der Waals surface area contributed by atoms with Crippen LogP contribution in [0.5, 0.6) is 0 Å². The van der Waals surface area contributed by atoms with E-state index in [1.54, 1.807) is 27.4 Å². The third-order valence-corrected chi connectivity index (χ3v) is 8.84. The molecule has 0 radical (unpaired) electrons. The first-order valence-corrected chi connectivity index (χ1v) is 13.6. The topological polar surface area (TPSA) is 73.8 Å². The van der Waals surface area contributed by atoms with E-state index in [4.69, 9.17) is 0 Å². The number of benzene rings is 2. The molecule has 1 fully saturated rings. The summed E-state index contributed by atoms with van der Waals surface area (Å²) in [5, 5.41) is 0.480. The first-order chi connectivity index (χ1) is 16.3. The van der Waals surface area contributed by atoms with Gasteiger partial charge in [0.1, 0.15) is 5.82 Å². The molecule has 0 atom stereocenters. The highest BCUT2D eigenvalue weighted by molar-refractivity contribution is 7.89. The van der Waals surface area contributed by atoms with Gasteiger partial charge in [-0.3, -0.25) is 9.69 Å². The Labute approximate surface area is 216 Å². The molecule has 7 nitrogen and oxygen atoms in total. The molecule has 0 bridgehead atoms. The van der Waals surface area contributed by atoms with E-state index in [0.717, 1.165) is 25.7 Å². The van der Waals surface area contributed by atoms with Gasteiger partial charge in [-0.2, -0.15) is 4.31 Å². The Morgan fingerprint density at radius 2 is 1.69 bits per heavy atom. The fourth-order valence-electron chi connectivity index (χ4n) is 3.94. The lowest BCUT2D eigenvalue weighted by molar-refractivity contribution is 0.0985. The summed E-state index contributed by atoms with van der Waals surface area (Å²) in [6.45, 7) is 2.05. The maximum Gasteiger partial charge on any atom is 0.260 e. The van der Waals surface area contributed by atoms with E-state index in [1.807, 2.05) is 19.0 Å². The number of rotatable bonds is 7. The maximum atomic E-state index is 13.7. The average Bonchev–Trinajstić information content (AvgIpc) is 3.02. The van der Waals surface area contributed by atoms with E-state index in [-0.39, 0.29) is 29.0 Å². The first-order valence-electron chi connectivity index (χ1n) is 11.4. The van der Waals surface area contributed by atoms with E-state index in [9.17, 15) is 17.6 Å². The molecule has 1 saturated heterocycles. The summed E-state index contributed by atoms with van der Waals surface area (Å²) in [5.74, 6) is -0.629. The number of likely N-dealkylation sites (N-methyl/N-ethyl adjacent to an activating group) is 1. The largest absolute Gasteiger partial charge is 0.308 e. The Morgan fingerprint density at radius 3 is 2.31 bits per heavy atom. The summed E-state index contributed by atoms with van der Waals surface area (Å²) >= 11 is 1.26. The lowest BCUT2D eigenvalue weighted by Gasteiger charge is -2.22. The van der Waals surface area contributed by atoms with Crippen LogP contribution in [0.15, 0.2) is 47.4 Å². The fraction of sp³-hybridized carbons (Fsp3) is 0.417. The molecule has 2 aromatic carbocycles. The van der Waals surface area contributed by atoms with Crippen molar-refractivity contribution >= 4 is 55.0 Å². The van der Waals surface area contributed by atoms with Crippen LogP contribution in [-0.2, 0) is 10.0 Å². The maximum absolute atomic E-state index is 13.7. The predicted octanol–water partition coefficient (Wildman–Crippen LogP) is 4.63. The van der Waals surface area contributed by atoms with Crippen molar-refractivity contribution in [3.05, 3.63) is 53.8 Å². The molecule has 0 spiro atoms. The quantitative estimate of drug-likeness (QED) is 0.437. The van der Waals surface area contributed by atoms with Crippen LogP contribution in [0.1, 0.15) is 36.0 Å². The Bertz CT molecular complexity index is 1260. The van der Waals surface area contributed by atoms with E-state index in [2.05, 4.69) is 4.98 Å². The van der Waals surface area contributed by atoms with Crippen LogP contribution >= 0.6 is 23.7 Å². The third-order valence-electron chi connectivity index (χ3n) is 5.89. The highest BCUT2D eigenvalue weighted by Crippen LogP contribution is 2.30. The van der Waals surface area contributed by atoms with Gasteiger partial charge in [0.2, 0.25) is 10.0 Å². The number of thiazole rings is 1. The normalized spacial score (nSPS) is 15.1. The lowest BCUT2D eigenvalue weighted by atomic mass is 10.2. The van der Waals surface area contributed by atoms with Gasteiger partial charge in [-0.05, 0) is 69.4 Å². The van der Waals surface area contributed by atoms with Gasteiger partial charge in [0.05, 0.1) is 15.1 Å². The Kier molecular flexibility index (Phi) is 9.22. The zero-order valence-electron chi connectivity index (χ0n) is 19.8. The third kappa shape index (κ3) is 6.37. The predicted molar refractivity (Wildman–Crippen MR) is 141 cm³/mol. The van der Waals surface area contributed by atoms with Gasteiger partial charge in [-0.1, -0.05) is 24.2 Å². The van der Waals surface area contributed by atoms with Crippen LogP contribution in [-0.4, -0.2) is 68.8 Å². The van der Waals surface area contributed by atoms with Crippen LogP contribution in [0.4, 0.5) is 9.52 Å². The number of hydrogen-bond donors (Lipinski definition) is 0. The minimum Gasteiger partial charge on any atom is -0.308 e. The van der Waals surface area contributed by atoms with Crippen molar-refractivity contribution in [2.75, 3.05) is 45.2 Å². The molecule has 4 rings (SSSR count). The fourth-order valence-corrected chi connectivity index (χ4v) is 6.47. The molecule has 0 N–H and O–H groups in total. The minimum atomic E-state index is -3.59. The average molecular weight is 541 g/mol. The molecule has 11 heteroatoms. The highest BCUT2D eigenvalue weighted by atomic mass is 35.5. The summed E-state index contributed by atoms with van der Waals surface area (Å²) in [5.41, 5.74) is 1.00. The van der Waals surface area contributed by atoms with Crippen molar-refractivity contribution in [3.63, 3.8) is 0 Å². The summed E-state index contributed by atoms with van der Waals surface area (Å²) in [6, 6.07) is 10.5.